The molecule has 0 saturated carbocycles. The summed E-state index contributed by atoms with van der Waals surface area (Å²) >= 11 is 0. The average molecular weight is 429 g/mol. The highest BCUT2D eigenvalue weighted by Crippen LogP contribution is 2.17. The van der Waals surface area contributed by atoms with Crippen LogP contribution in [0.3, 0.4) is 0 Å². The summed E-state index contributed by atoms with van der Waals surface area (Å²) in [6.07, 6.45) is 0. The predicted molar refractivity (Wildman–Crippen MR) is 119 cm³/mol. The van der Waals surface area contributed by atoms with Crippen LogP contribution in [0, 0.1) is 5.92 Å². The molecular formula is C24H32N2O5. The van der Waals surface area contributed by atoms with Gasteiger partial charge in [-0.25, -0.2) is 0 Å². The van der Waals surface area contributed by atoms with E-state index in [2.05, 4.69) is 5.32 Å². The van der Waals surface area contributed by atoms with Gasteiger partial charge in [-0.3, -0.25) is 14.5 Å². The van der Waals surface area contributed by atoms with Gasteiger partial charge in [-0.15, -0.1) is 0 Å². The number of ether oxygens (including phenoxy) is 3. The largest absolute Gasteiger partial charge is 0.494 e. The van der Waals surface area contributed by atoms with E-state index in [1.54, 1.807) is 6.92 Å². The molecule has 0 bridgehead atoms. The van der Waals surface area contributed by atoms with Crippen molar-refractivity contribution in [3.05, 3.63) is 60.2 Å². The Bertz CT molecular complexity index is 795. The summed E-state index contributed by atoms with van der Waals surface area (Å²) in [4.78, 5) is 26.2. The van der Waals surface area contributed by atoms with Gasteiger partial charge in [0.1, 0.15) is 18.1 Å². The number of nitrogens with zero attached hydrogens (tertiary/aromatic N) is 1. The quantitative estimate of drug-likeness (QED) is 0.391. The number of nitrogens with one attached hydrogen (secondary N) is 1. The van der Waals surface area contributed by atoms with Crippen LogP contribution in [0.5, 0.6) is 11.5 Å². The van der Waals surface area contributed by atoms with Gasteiger partial charge in [0.15, 0.2) is 0 Å². The minimum Gasteiger partial charge on any atom is -0.494 e. The molecule has 0 fully saturated rings. The molecule has 0 aliphatic rings. The fraction of sp³-hybridized carbons (Fsp3) is 0.417. The standard InChI is InChI=1S/C24H32N2O5/c1-4-30-21-10-12-22(13-11-21)31-15-14-25-23(27)18-26(16-19(2)24(28)29-3)17-20-8-6-5-7-9-20/h5-13,19H,4,14-18H2,1-3H3,(H,25,27). The zero-order valence-electron chi connectivity index (χ0n) is 18.5. The molecule has 0 aliphatic heterocycles. The van der Waals surface area contributed by atoms with Gasteiger partial charge in [0.25, 0.3) is 0 Å². The van der Waals surface area contributed by atoms with Crippen molar-refractivity contribution in [1.29, 1.82) is 0 Å². The van der Waals surface area contributed by atoms with Crippen LogP contribution in [0.4, 0.5) is 0 Å². The molecule has 2 rings (SSSR count). The van der Waals surface area contributed by atoms with Gasteiger partial charge < -0.3 is 19.5 Å². The molecular weight excluding hydrogens is 396 g/mol. The third-order valence-electron chi connectivity index (χ3n) is 4.58. The maximum atomic E-state index is 12.5. The topological polar surface area (TPSA) is 77.1 Å². The molecule has 7 nitrogen and oxygen atoms in total. The second-order valence-corrected chi connectivity index (χ2v) is 7.18. The maximum Gasteiger partial charge on any atom is 0.309 e. The number of carbonyl (C=O) groups excluding carboxylic acids is 2. The minimum atomic E-state index is -0.329. The molecule has 168 valence electrons. The van der Waals surface area contributed by atoms with E-state index in [1.807, 2.05) is 66.4 Å². The van der Waals surface area contributed by atoms with Crippen LogP contribution in [0.2, 0.25) is 0 Å². The number of rotatable bonds is 13. The van der Waals surface area contributed by atoms with E-state index >= 15 is 0 Å². The molecule has 31 heavy (non-hydrogen) atoms. The molecule has 0 saturated heterocycles. The van der Waals surface area contributed by atoms with Gasteiger partial charge in [0.2, 0.25) is 5.91 Å². The molecule has 1 amide bonds. The lowest BCUT2D eigenvalue weighted by atomic mass is 10.1. The van der Waals surface area contributed by atoms with Crippen LogP contribution in [0.15, 0.2) is 54.6 Å². The molecule has 0 aliphatic carbocycles. The van der Waals surface area contributed by atoms with Crippen molar-refractivity contribution in [3.8, 4) is 11.5 Å². The fourth-order valence-electron chi connectivity index (χ4n) is 3.11. The molecule has 1 unspecified atom stereocenters. The van der Waals surface area contributed by atoms with Crippen LogP contribution >= 0.6 is 0 Å². The van der Waals surface area contributed by atoms with Crippen LogP contribution in [-0.2, 0) is 20.9 Å². The third-order valence-corrected chi connectivity index (χ3v) is 4.58. The zero-order valence-corrected chi connectivity index (χ0v) is 18.5. The molecule has 0 radical (unpaired) electrons. The first-order chi connectivity index (χ1) is 15.0. The third kappa shape index (κ3) is 9.09. The van der Waals surface area contributed by atoms with Crippen LogP contribution in [0.25, 0.3) is 0 Å². The number of amides is 1. The molecule has 0 heterocycles. The highest BCUT2D eigenvalue weighted by Gasteiger charge is 2.19. The highest BCUT2D eigenvalue weighted by molar-refractivity contribution is 5.78. The molecule has 0 spiro atoms. The first-order valence-corrected chi connectivity index (χ1v) is 10.5. The SMILES string of the molecule is CCOc1ccc(OCCNC(=O)CN(Cc2ccccc2)CC(C)C(=O)OC)cc1. The summed E-state index contributed by atoms with van der Waals surface area (Å²) in [6.45, 7) is 6.27. The second-order valence-electron chi connectivity index (χ2n) is 7.18. The van der Waals surface area contributed by atoms with Crippen molar-refractivity contribution in [2.75, 3.05) is 40.0 Å². The second kappa shape index (κ2) is 13.3. The lowest BCUT2D eigenvalue weighted by molar-refractivity contribution is -0.145. The lowest BCUT2D eigenvalue weighted by Gasteiger charge is -2.24. The summed E-state index contributed by atoms with van der Waals surface area (Å²) in [5.41, 5.74) is 1.08. The van der Waals surface area contributed by atoms with Crippen LogP contribution in [0.1, 0.15) is 19.4 Å². The smallest absolute Gasteiger partial charge is 0.309 e. The zero-order chi connectivity index (χ0) is 22.5. The van der Waals surface area contributed by atoms with Crippen LogP contribution in [-0.4, -0.2) is 56.7 Å². The number of esters is 1. The molecule has 0 aromatic heterocycles. The Morgan fingerprint density at radius 1 is 1.00 bits per heavy atom. The number of benzene rings is 2. The summed E-state index contributed by atoms with van der Waals surface area (Å²) in [5.74, 6) is 0.771. The number of carbonyl (C=O) groups is 2. The Kier molecular flexibility index (Phi) is 10.4. The van der Waals surface area contributed by atoms with E-state index in [-0.39, 0.29) is 24.3 Å². The van der Waals surface area contributed by atoms with Crippen molar-refractivity contribution in [1.82, 2.24) is 10.2 Å². The monoisotopic (exact) mass is 428 g/mol. The highest BCUT2D eigenvalue weighted by atomic mass is 16.5. The predicted octanol–water partition coefficient (Wildman–Crippen LogP) is 2.89. The Labute approximate surface area is 184 Å². The minimum absolute atomic E-state index is 0.122. The van der Waals surface area contributed by atoms with Crippen molar-refractivity contribution < 1.29 is 23.8 Å². The molecule has 2 aromatic carbocycles. The summed E-state index contributed by atoms with van der Waals surface area (Å²) in [5, 5.41) is 2.87. The average Bonchev–Trinajstić information content (AvgIpc) is 2.78. The van der Waals surface area contributed by atoms with Crippen molar-refractivity contribution in [2.45, 2.75) is 20.4 Å². The van der Waals surface area contributed by atoms with Gasteiger partial charge >= 0.3 is 5.97 Å². The number of hydrogen-bond acceptors (Lipinski definition) is 6. The van der Waals surface area contributed by atoms with E-state index in [9.17, 15) is 9.59 Å². The van der Waals surface area contributed by atoms with Gasteiger partial charge in [-0.1, -0.05) is 37.3 Å². The lowest BCUT2D eigenvalue weighted by Crippen LogP contribution is -2.41. The summed E-state index contributed by atoms with van der Waals surface area (Å²) in [6, 6.07) is 17.2. The van der Waals surface area contributed by atoms with Gasteiger partial charge in [0.05, 0.1) is 32.7 Å². The molecule has 2 aromatic rings. The van der Waals surface area contributed by atoms with Crippen molar-refractivity contribution >= 4 is 11.9 Å². The van der Waals surface area contributed by atoms with Crippen LogP contribution < -0.4 is 14.8 Å². The van der Waals surface area contributed by atoms with Crippen molar-refractivity contribution in [2.24, 2.45) is 5.92 Å². The van der Waals surface area contributed by atoms with E-state index < -0.39 is 0 Å². The van der Waals surface area contributed by atoms with E-state index in [4.69, 9.17) is 14.2 Å². The van der Waals surface area contributed by atoms with Gasteiger partial charge in [-0.05, 0) is 36.8 Å². The Balaban J connectivity index is 1.80. The Hall–Kier alpha value is -3.06. The molecule has 1 atom stereocenters. The van der Waals surface area contributed by atoms with E-state index in [0.717, 1.165) is 17.1 Å². The maximum absolute atomic E-state index is 12.5. The summed E-state index contributed by atoms with van der Waals surface area (Å²) in [7, 11) is 1.37. The fourth-order valence-corrected chi connectivity index (χ4v) is 3.11. The first-order valence-electron chi connectivity index (χ1n) is 10.5. The number of methoxy groups -OCH3 is 1. The van der Waals surface area contributed by atoms with E-state index in [0.29, 0.717) is 32.8 Å². The summed E-state index contributed by atoms with van der Waals surface area (Å²) < 4.78 is 15.9. The van der Waals surface area contributed by atoms with Gasteiger partial charge in [-0.2, -0.15) is 0 Å². The molecule has 1 N–H and O–H groups in total. The van der Waals surface area contributed by atoms with E-state index in [1.165, 1.54) is 7.11 Å². The number of hydrogen-bond donors (Lipinski definition) is 1. The van der Waals surface area contributed by atoms with Gasteiger partial charge in [0, 0.05) is 13.1 Å². The Morgan fingerprint density at radius 2 is 1.65 bits per heavy atom. The molecule has 7 heteroatoms. The normalized spacial score (nSPS) is 11.6. The Morgan fingerprint density at radius 3 is 2.26 bits per heavy atom. The van der Waals surface area contributed by atoms with Crippen molar-refractivity contribution in [3.63, 3.8) is 0 Å². The first kappa shape index (κ1) is 24.2.